The van der Waals surface area contributed by atoms with Gasteiger partial charge in [-0.3, -0.25) is 9.59 Å². The Balaban J connectivity index is 1.60. The van der Waals surface area contributed by atoms with Gasteiger partial charge in [-0.25, -0.2) is 4.39 Å². The van der Waals surface area contributed by atoms with Gasteiger partial charge < -0.3 is 10.2 Å². The van der Waals surface area contributed by atoms with Gasteiger partial charge in [0.2, 0.25) is 11.8 Å². The van der Waals surface area contributed by atoms with Crippen molar-refractivity contribution >= 4 is 17.5 Å². The molecule has 1 fully saturated rings. The Morgan fingerprint density at radius 2 is 1.78 bits per heavy atom. The third-order valence-corrected chi connectivity index (χ3v) is 5.03. The van der Waals surface area contributed by atoms with E-state index < -0.39 is 0 Å². The minimum Gasteiger partial charge on any atom is -0.355 e. The van der Waals surface area contributed by atoms with Crippen LogP contribution < -0.4 is 10.2 Å². The largest absolute Gasteiger partial charge is 0.355 e. The van der Waals surface area contributed by atoms with Crippen LogP contribution in [0.5, 0.6) is 0 Å². The summed E-state index contributed by atoms with van der Waals surface area (Å²) < 4.78 is 12.9. The van der Waals surface area contributed by atoms with E-state index in [2.05, 4.69) is 17.4 Å². The zero-order valence-electron chi connectivity index (χ0n) is 16.0. The number of nitrogens with one attached hydrogen (secondary N) is 1. The van der Waals surface area contributed by atoms with Crippen LogP contribution in [0.4, 0.5) is 10.1 Å². The van der Waals surface area contributed by atoms with Crippen molar-refractivity contribution in [3.05, 3.63) is 64.5 Å². The van der Waals surface area contributed by atoms with E-state index in [-0.39, 0.29) is 30.0 Å². The minimum absolute atomic E-state index is 0.0104. The number of hydrogen-bond donors (Lipinski definition) is 1. The van der Waals surface area contributed by atoms with E-state index in [1.165, 1.54) is 12.1 Å². The number of carbonyl (C=O) groups excluding carboxylic acids is 2. The molecule has 0 spiro atoms. The topological polar surface area (TPSA) is 49.4 Å². The Bertz CT molecular complexity index is 838. The normalized spacial score (nSPS) is 16.7. The lowest BCUT2D eigenvalue weighted by Gasteiger charge is -2.22. The molecule has 1 aliphatic rings. The molecule has 0 bridgehead atoms. The molecule has 0 radical (unpaired) electrons. The summed E-state index contributed by atoms with van der Waals surface area (Å²) in [7, 11) is 0. The minimum atomic E-state index is -0.342. The fourth-order valence-corrected chi connectivity index (χ4v) is 3.82. The first kappa shape index (κ1) is 19.1. The van der Waals surface area contributed by atoms with Crippen molar-refractivity contribution in [1.82, 2.24) is 5.32 Å². The SMILES string of the molecule is Cc1cc(C)c(N2CC(C(=O)NCCc3ccc(F)cc3)CC2=O)c(C)c1. The molecule has 1 heterocycles. The Hall–Kier alpha value is -2.69. The number of amides is 2. The van der Waals surface area contributed by atoms with E-state index in [4.69, 9.17) is 0 Å². The van der Waals surface area contributed by atoms with Crippen LogP contribution in [-0.4, -0.2) is 24.9 Å². The molecular formula is C22H25FN2O2. The highest BCUT2D eigenvalue weighted by Crippen LogP contribution is 2.31. The summed E-state index contributed by atoms with van der Waals surface area (Å²) in [6.07, 6.45) is 0.863. The van der Waals surface area contributed by atoms with Gasteiger partial charge in [-0.1, -0.05) is 29.8 Å². The number of carbonyl (C=O) groups is 2. The molecule has 1 N–H and O–H groups in total. The van der Waals surface area contributed by atoms with Gasteiger partial charge in [-0.15, -0.1) is 0 Å². The molecule has 0 aromatic heterocycles. The molecule has 2 aromatic carbocycles. The van der Waals surface area contributed by atoms with Crippen molar-refractivity contribution in [3.8, 4) is 0 Å². The summed E-state index contributed by atoms with van der Waals surface area (Å²) in [5.74, 6) is -0.723. The second-order valence-electron chi connectivity index (χ2n) is 7.32. The van der Waals surface area contributed by atoms with E-state index in [0.717, 1.165) is 27.9 Å². The summed E-state index contributed by atoms with van der Waals surface area (Å²) in [5.41, 5.74) is 5.16. The summed E-state index contributed by atoms with van der Waals surface area (Å²) in [6.45, 7) is 6.91. The van der Waals surface area contributed by atoms with Crippen molar-refractivity contribution in [2.45, 2.75) is 33.6 Å². The van der Waals surface area contributed by atoms with Crippen LogP contribution in [-0.2, 0) is 16.0 Å². The van der Waals surface area contributed by atoms with E-state index >= 15 is 0 Å². The molecule has 1 unspecified atom stereocenters. The second-order valence-corrected chi connectivity index (χ2v) is 7.32. The second kappa shape index (κ2) is 7.91. The first-order valence-electron chi connectivity index (χ1n) is 9.25. The van der Waals surface area contributed by atoms with E-state index in [9.17, 15) is 14.0 Å². The maximum absolute atomic E-state index is 12.9. The van der Waals surface area contributed by atoms with Gasteiger partial charge in [0, 0.05) is 25.2 Å². The average Bonchev–Trinajstić information content (AvgIpc) is 2.97. The van der Waals surface area contributed by atoms with Crippen LogP contribution in [0.15, 0.2) is 36.4 Å². The number of aryl methyl sites for hydroxylation is 3. The van der Waals surface area contributed by atoms with Gasteiger partial charge in [0.15, 0.2) is 0 Å². The average molecular weight is 368 g/mol. The van der Waals surface area contributed by atoms with E-state index in [1.807, 2.05) is 20.8 Å². The standard InChI is InChI=1S/C22H25FN2O2/c1-14-10-15(2)21(16(3)11-14)25-13-18(12-20(25)26)22(27)24-9-8-17-4-6-19(23)7-5-17/h4-7,10-11,18H,8-9,12-13H2,1-3H3,(H,24,27). The van der Waals surface area contributed by atoms with Crippen LogP contribution >= 0.6 is 0 Å². The van der Waals surface area contributed by atoms with Gasteiger partial charge in [0.1, 0.15) is 5.82 Å². The van der Waals surface area contributed by atoms with Crippen molar-refractivity contribution in [3.63, 3.8) is 0 Å². The van der Waals surface area contributed by atoms with Crippen molar-refractivity contribution in [2.24, 2.45) is 5.92 Å². The van der Waals surface area contributed by atoms with Crippen LogP contribution in [0.25, 0.3) is 0 Å². The lowest BCUT2D eigenvalue weighted by Crippen LogP contribution is -2.34. The van der Waals surface area contributed by atoms with Gasteiger partial charge in [0.05, 0.1) is 5.92 Å². The molecule has 2 aromatic rings. The molecule has 0 aliphatic carbocycles. The zero-order chi connectivity index (χ0) is 19.6. The molecule has 1 aliphatic heterocycles. The third-order valence-electron chi connectivity index (χ3n) is 5.03. The number of rotatable bonds is 5. The monoisotopic (exact) mass is 368 g/mol. The molecule has 2 amide bonds. The first-order chi connectivity index (χ1) is 12.8. The predicted octanol–water partition coefficient (Wildman–Crippen LogP) is 3.46. The molecule has 142 valence electrons. The Morgan fingerprint density at radius 1 is 1.15 bits per heavy atom. The lowest BCUT2D eigenvalue weighted by molar-refractivity contribution is -0.126. The number of anilines is 1. The van der Waals surface area contributed by atoms with Crippen LogP contribution in [0.1, 0.15) is 28.7 Å². The fourth-order valence-electron chi connectivity index (χ4n) is 3.82. The summed E-state index contributed by atoms with van der Waals surface area (Å²) in [6, 6.07) is 10.4. The lowest BCUT2D eigenvalue weighted by atomic mass is 10.0. The van der Waals surface area contributed by atoms with Crippen LogP contribution in [0.3, 0.4) is 0 Å². The molecule has 1 atom stereocenters. The van der Waals surface area contributed by atoms with Crippen LogP contribution in [0.2, 0.25) is 0 Å². The number of halogens is 1. The molecule has 5 heteroatoms. The highest BCUT2D eigenvalue weighted by Gasteiger charge is 2.36. The van der Waals surface area contributed by atoms with Gasteiger partial charge in [0.25, 0.3) is 0 Å². The maximum atomic E-state index is 12.9. The molecule has 0 saturated carbocycles. The van der Waals surface area contributed by atoms with Gasteiger partial charge >= 0.3 is 0 Å². The fraction of sp³-hybridized carbons (Fsp3) is 0.364. The van der Waals surface area contributed by atoms with Crippen molar-refractivity contribution in [1.29, 1.82) is 0 Å². The molecule has 4 nitrogen and oxygen atoms in total. The predicted molar refractivity (Wildman–Crippen MR) is 104 cm³/mol. The van der Waals surface area contributed by atoms with E-state index in [0.29, 0.717) is 19.5 Å². The molecule has 1 saturated heterocycles. The number of hydrogen-bond acceptors (Lipinski definition) is 2. The highest BCUT2D eigenvalue weighted by atomic mass is 19.1. The number of nitrogens with zero attached hydrogens (tertiary/aromatic N) is 1. The molecular weight excluding hydrogens is 343 g/mol. The molecule has 27 heavy (non-hydrogen) atoms. The maximum Gasteiger partial charge on any atom is 0.227 e. The summed E-state index contributed by atoms with van der Waals surface area (Å²) >= 11 is 0. The number of benzene rings is 2. The van der Waals surface area contributed by atoms with Gasteiger partial charge in [-0.2, -0.15) is 0 Å². The Morgan fingerprint density at radius 3 is 2.41 bits per heavy atom. The van der Waals surface area contributed by atoms with E-state index in [1.54, 1.807) is 17.0 Å². The molecule has 3 rings (SSSR count). The quantitative estimate of drug-likeness (QED) is 0.879. The Labute approximate surface area is 159 Å². The summed E-state index contributed by atoms with van der Waals surface area (Å²) in [4.78, 5) is 26.7. The zero-order valence-corrected chi connectivity index (χ0v) is 16.0. The highest BCUT2D eigenvalue weighted by molar-refractivity contribution is 6.01. The van der Waals surface area contributed by atoms with Gasteiger partial charge in [-0.05, 0) is 56.0 Å². The van der Waals surface area contributed by atoms with Crippen molar-refractivity contribution in [2.75, 3.05) is 18.0 Å². The third kappa shape index (κ3) is 4.35. The first-order valence-corrected chi connectivity index (χ1v) is 9.25. The Kier molecular flexibility index (Phi) is 5.59. The van der Waals surface area contributed by atoms with Crippen LogP contribution in [0, 0.1) is 32.5 Å². The summed E-state index contributed by atoms with van der Waals surface area (Å²) in [5, 5.41) is 2.91. The van der Waals surface area contributed by atoms with Crippen molar-refractivity contribution < 1.29 is 14.0 Å². The smallest absolute Gasteiger partial charge is 0.227 e.